The van der Waals surface area contributed by atoms with Gasteiger partial charge in [0.1, 0.15) is 5.69 Å². The summed E-state index contributed by atoms with van der Waals surface area (Å²) >= 11 is 0. The monoisotopic (exact) mass is 219 g/mol. The molecule has 1 aromatic heterocycles. The lowest BCUT2D eigenvalue weighted by molar-refractivity contribution is -0.0888. The predicted octanol–water partition coefficient (Wildman–Crippen LogP) is -0.494. The predicted molar refractivity (Wildman–Crippen MR) is 44.4 cm³/mol. The quantitative estimate of drug-likeness (QED) is 0.519. The highest BCUT2D eigenvalue weighted by Crippen LogP contribution is 2.19. The number of alkyl halides is 3. The highest BCUT2D eigenvalue weighted by molar-refractivity contribution is 6.58. The van der Waals surface area contributed by atoms with E-state index in [4.69, 9.17) is 10.0 Å². The number of carbonyl (C=O) groups excluding carboxylic acids is 1. The average Bonchev–Trinajstić information content (AvgIpc) is 2.15. The molecule has 0 bridgehead atoms. The first-order valence-electron chi connectivity index (χ1n) is 3.76. The van der Waals surface area contributed by atoms with Gasteiger partial charge in [0.15, 0.2) is 0 Å². The van der Waals surface area contributed by atoms with Gasteiger partial charge in [0.05, 0.1) is 0 Å². The van der Waals surface area contributed by atoms with E-state index in [9.17, 15) is 18.0 Å². The zero-order valence-corrected chi connectivity index (χ0v) is 7.19. The second-order valence-electron chi connectivity index (χ2n) is 2.68. The fourth-order valence-electron chi connectivity index (χ4n) is 0.838. The summed E-state index contributed by atoms with van der Waals surface area (Å²) in [6.45, 7) is 0. The molecule has 2 N–H and O–H groups in total. The van der Waals surface area contributed by atoms with Crippen molar-refractivity contribution in [3.8, 4) is 0 Å². The number of halogens is 3. The van der Waals surface area contributed by atoms with E-state index in [1.54, 1.807) is 0 Å². The summed E-state index contributed by atoms with van der Waals surface area (Å²) in [6, 6.07) is 1.77. The molecule has 0 aliphatic heterocycles. The van der Waals surface area contributed by atoms with Crippen LogP contribution in [0.2, 0.25) is 0 Å². The Hall–Kier alpha value is -1.41. The van der Waals surface area contributed by atoms with E-state index in [1.165, 1.54) is 0 Å². The molecule has 0 unspecified atom stereocenters. The van der Waals surface area contributed by atoms with Crippen molar-refractivity contribution in [2.24, 2.45) is 0 Å². The first-order valence-corrected chi connectivity index (χ1v) is 3.76. The summed E-state index contributed by atoms with van der Waals surface area (Å²) in [5.41, 5.74) is -0.874. The van der Waals surface area contributed by atoms with Crippen LogP contribution in [-0.4, -0.2) is 34.1 Å². The van der Waals surface area contributed by atoms with Gasteiger partial charge < -0.3 is 10.0 Å². The van der Waals surface area contributed by atoms with Gasteiger partial charge in [-0.3, -0.25) is 9.78 Å². The number of ketones is 1. The van der Waals surface area contributed by atoms with Gasteiger partial charge >= 0.3 is 13.3 Å². The van der Waals surface area contributed by atoms with Crippen molar-refractivity contribution < 1.29 is 28.0 Å². The van der Waals surface area contributed by atoms with Gasteiger partial charge in [-0.1, -0.05) is 6.07 Å². The molecule has 1 heterocycles. The van der Waals surface area contributed by atoms with Crippen LogP contribution in [0.5, 0.6) is 0 Å². The Morgan fingerprint density at radius 2 is 1.93 bits per heavy atom. The molecule has 0 fully saturated rings. The zero-order chi connectivity index (χ0) is 11.6. The lowest BCUT2D eigenvalue weighted by atomic mass is 9.81. The molecule has 8 heteroatoms. The Bertz CT molecular complexity index is 363. The lowest BCUT2D eigenvalue weighted by Crippen LogP contribution is -2.31. The summed E-state index contributed by atoms with van der Waals surface area (Å²) in [5, 5.41) is 17.2. The van der Waals surface area contributed by atoms with E-state index in [1.807, 2.05) is 0 Å². The molecule has 0 saturated carbocycles. The molecule has 0 radical (unpaired) electrons. The molecule has 0 atom stereocenters. The molecule has 4 nitrogen and oxygen atoms in total. The van der Waals surface area contributed by atoms with Crippen LogP contribution in [0.3, 0.4) is 0 Å². The summed E-state index contributed by atoms with van der Waals surface area (Å²) < 4.78 is 35.7. The van der Waals surface area contributed by atoms with Crippen molar-refractivity contribution in [3.05, 3.63) is 24.0 Å². The van der Waals surface area contributed by atoms with Gasteiger partial charge in [0.25, 0.3) is 5.78 Å². The van der Waals surface area contributed by atoms with Crippen molar-refractivity contribution in [1.29, 1.82) is 0 Å². The van der Waals surface area contributed by atoms with Gasteiger partial charge in [-0.15, -0.1) is 0 Å². The second kappa shape index (κ2) is 3.99. The van der Waals surface area contributed by atoms with Crippen LogP contribution >= 0.6 is 0 Å². The number of hydrogen-bond donors (Lipinski definition) is 2. The highest BCUT2D eigenvalue weighted by Gasteiger charge is 2.40. The molecule has 0 spiro atoms. The maximum Gasteiger partial charge on any atom is 0.490 e. The maximum atomic E-state index is 11.9. The summed E-state index contributed by atoms with van der Waals surface area (Å²) in [6.07, 6.45) is -4.18. The van der Waals surface area contributed by atoms with Gasteiger partial charge in [-0.2, -0.15) is 13.2 Å². The molecule has 0 aromatic carbocycles. The smallest absolute Gasteiger partial charge is 0.423 e. The minimum Gasteiger partial charge on any atom is -0.423 e. The Morgan fingerprint density at radius 1 is 1.33 bits per heavy atom. The third-order valence-corrected chi connectivity index (χ3v) is 1.57. The Balaban J connectivity index is 2.95. The van der Waals surface area contributed by atoms with E-state index in [0.717, 1.165) is 18.3 Å². The number of rotatable bonds is 2. The standard InChI is InChI=1S/C7H5BF3NO3/c9-7(10,11)6(13)5-2-1-4(3-12-5)8(14)15/h1-3,14-15H. The summed E-state index contributed by atoms with van der Waals surface area (Å²) in [7, 11) is -1.83. The normalized spacial score (nSPS) is 11.3. The van der Waals surface area contributed by atoms with Crippen LogP contribution in [0.1, 0.15) is 10.5 Å². The van der Waals surface area contributed by atoms with Crippen molar-refractivity contribution in [3.63, 3.8) is 0 Å². The van der Waals surface area contributed by atoms with Crippen LogP contribution in [0, 0.1) is 0 Å². The first-order chi connectivity index (χ1) is 6.82. The van der Waals surface area contributed by atoms with Crippen LogP contribution in [-0.2, 0) is 0 Å². The molecule has 0 aliphatic carbocycles. The SMILES string of the molecule is O=C(c1ccc(B(O)O)cn1)C(F)(F)F. The minimum absolute atomic E-state index is 0.0891. The van der Waals surface area contributed by atoms with E-state index < -0.39 is 24.8 Å². The van der Waals surface area contributed by atoms with Gasteiger partial charge in [-0.25, -0.2) is 0 Å². The molecule has 1 rings (SSSR count). The van der Waals surface area contributed by atoms with Crippen molar-refractivity contribution in [1.82, 2.24) is 4.98 Å². The van der Waals surface area contributed by atoms with Crippen LogP contribution in [0.25, 0.3) is 0 Å². The minimum atomic E-state index is -4.98. The highest BCUT2D eigenvalue weighted by atomic mass is 19.4. The Morgan fingerprint density at radius 3 is 2.27 bits per heavy atom. The number of aromatic nitrogens is 1. The number of carbonyl (C=O) groups is 1. The number of Topliss-reactive ketones (excluding diaryl/α,β-unsaturated/α-hetero) is 1. The molecule has 1 aromatic rings. The second-order valence-corrected chi connectivity index (χ2v) is 2.68. The zero-order valence-electron chi connectivity index (χ0n) is 7.19. The molecule has 0 amide bonds. The number of hydrogen-bond acceptors (Lipinski definition) is 4. The Labute approximate surface area is 82.5 Å². The molecule has 80 valence electrons. The van der Waals surface area contributed by atoms with Crippen molar-refractivity contribution in [2.45, 2.75) is 6.18 Å². The average molecular weight is 219 g/mol. The van der Waals surface area contributed by atoms with E-state index in [2.05, 4.69) is 4.98 Å². The molecular formula is C7H5BF3NO3. The molecule has 15 heavy (non-hydrogen) atoms. The van der Waals surface area contributed by atoms with E-state index in [0.29, 0.717) is 0 Å². The van der Waals surface area contributed by atoms with Crippen LogP contribution in [0.4, 0.5) is 13.2 Å². The fourth-order valence-corrected chi connectivity index (χ4v) is 0.838. The van der Waals surface area contributed by atoms with Gasteiger partial charge in [-0.05, 0) is 6.07 Å². The third kappa shape index (κ3) is 2.77. The third-order valence-electron chi connectivity index (χ3n) is 1.57. The van der Waals surface area contributed by atoms with Gasteiger partial charge in [0.2, 0.25) is 0 Å². The number of nitrogens with zero attached hydrogens (tertiary/aromatic N) is 1. The van der Waals surface area contributed by atoms with E-state index >= 15 is 0 Å². The Kier molecular flexibility index (Phi) is 3.11. The maximum absolute atomic E-state index is 11.9. The largest absolute Gasteiger partial charge is 0.490 e. The number of pyridine rings is 1. The molecular weight excluding hydrogens is 214 g/mol. The summed E-state index contributed by atoms with van der Waals surface area (Å²) in [5.74, 6) is -2.07. The van der Waals surface area contributed by atoms with Gasteiger partial charge in [0, 0.05) is 11.7 Å². The molecule has 0 aliphatic rings. The van der Waals surface area contributed by atoms with Crippen LogP contribution in [0.15, 0.2) is 18.3 Å². The lowest BCUT2D eigenvalue weighted by Gasteiger charge is -2.04. The summed E-state index contributed by atoms with van der Waals surface area (Å²) in [4.78, 5) is 13.8. The topological polar surface area (TPSA) is 70.4 Å². The van der Waals surface area contributed by atoms with Crippen LogP contribution < -0.4 is 5.46 Å². The molecule has 0 saturated heterocycles. The fraction of sp³-hybridized carbons (Fsp3) is 0.143. The van der Waals surface area contributed by atoms with E-state index in [-0.39, 0.29) is 5.46 Å². The first kappa shape index (κ1) is 11.7. The van der Waals surface area contributed by atoms with Crippen molar-refractivity contribution >= 4 is 18.4 Å². The van der Waals surface area contributed by atoms with Crippen molar-refractivity contribution in [2.75, 3.05) is 0 Å².